The third-order valence-electron chi connectivity index (χ3n) is 8.15. The van der Waals surface area contributed by atoms with Gasteiger partial charge in [0.15, 0.2) is 5.84 Å². The highest BCUT2D eigenvalue weighted by Crippen LogP contribution is 2.41. The zero-order valence-corrected chi connectivity index (χ0v) is 21.5. The van der Waals surface area contributed by atoms with Gasteiger partial charge in [-0.1, -0.05) is 62.6 Å². The van der Waals surface area contributed by atoms with Crippen LogP contribution in [0.3, 0.4) is 0 Å². The third-order valence-corrected chi connectivity index (χ3v) is 8.15. The van der Waals surface area contributed by atoms with Gasteiger partial charge in [0.05, 0.1) is 5.54 Å². The van der Waals surface area contributed by atoms with E-state index in [1.165, 1.54) is 69.4 Å². The lowest BCUT2D eigenvalue weighted by Gasteiger charge is -2.43. The predicted octanol–water partition coefficient (Wildman–Crippen LogP) is 7.67. The first-order valence-electron chi connectivity index (χ1n) is 13.0. The van der Waals surface area contributed by atoms with Crippen LogP contribution in [0.25, 0.3) is 0 Å². The average Bonchev–Trinajstić information content (AvgIpc) is 2.79. The van der Waals surface area contributed by atoms with Crippen LogP contribution in [0.2, 0.25) is 0 Å². The quantitative estimate of drug-likeness (QED) is 0.412. The SMILES string of the molecule is CCC(CCCN1CCCCCC(C)=C1C)C1(C)N=C(c2ccccc2)N=C(C)C1CC. The lowest BCUT2D eigenvalue weighted by Crippen LogP contribution is -2.47. The van der Waals surface area contributed by atoms with Crippen LogP contribution in [0, 0.1) is 11.8 Å². The maximum atomic E-state index is 5.38. The highest BCUT2D eigenvalue weighted by atomic mass is 15.1. The number of benzene rings is 1. The lowest BCUT2D eigenvalue weighted by atomic mass is 9.69. The fourth-order valence-corrected chi connectivity index (χ4v) is 6.01. The molecule has 0 saturated heterocycles. The van der Waals surface area contributed by atoms with Gasteiger partial charge in [0.25, 0.3) is 0 Å². The fourth-order valence-electron chi connectivity index (χ4n) is 6.01. The van der Waals surface area contributed by atoms with E-state index in [9.17, 15) is 0 Å². The number of hydrogen-bond donors (Lipinski definition) is 0. The molecule has 32 heavy (non-hydrogen) atoms. The van der Waals surface area contributed by atoms with E-state index in [0.717, 1.165) is 17.8 Å². The topological polar surface area (TPSA) is 28.0 Å². The molecule has 0 aromatic heterocycles. The number of aliphatic imine (C=N–C) groups is 2. The van der Waals surface area contributed by atoms with Crippen LogP contribution in [0.1, 0.15) is 98.5 Å². The van der Waals surface area contributed by atoms with Crippen molar-refractivity contribution in [2.24, 2.45) is 21.8 Å². The minimum atomic E-state index is -0.0857. The third kappa shape index (κ3) is 5.53. The first kappa shape index (κ1) is 24.7. The van der Waals surface area contributed by atoms with Crippen LogP contribution in [0.4, 0.5) is 0 Å². The smallest absolute Gasteiger partial charge is 0.155 e. The maximum Gasteiger partial charge on any atom is 0.155 e. The number of rotatable bonds is 8. The van der Waals surface area contributed by atoms with Gasteiger partial charge >= 0.3 is 0 Å². The van der Waals surface area contributed by atoms with Crippen molar-refractivity contribution in [1.82, 2.24) is 4.90 Å². The molecule has 3 nitrogen and oxygen atoms in total. The second kappa shape index (κ2) is 11.3. The molecule has 0 saturated carbocycles. The molecule has 176 valence electrons. The minimum absolute atomic E-state index is 0.0857. The summed E-state index contributed by atoms with van der Waals surface area (Å²) in [6.07, 6.45) is 10.1. The summed E-state index contributed by atoms with van der Waals surface area (Å²) in [6.45, 7) is 16.3. The minimum Gasteiger partial charge on any atom is -0.375 e. The molecular formula is C29H45N3. The number of amidine groups is 1. The van der Waals surface area contributed by atoms with Crippen molar-refractivity contribution in [3.8, 4) is 0 Å². The van der Waals surface area contributed by atoms with Crippen molar-refractivity contribution in [1.29, 1.82) is 0 Å². The van der Waals surface area contributed by atoms with Gasteiger partial charge in [-0.2, -0.15) is 0 Å². The van der Waals surface area contributed by atoms with E-state index in [1.807, 2.05) is 0 Å². The highest BCUT2D eigenvalue weighted by molar-refractivity contribution is 6.09. The molecule has 1 aromatic carbocycles. The van der Waals surface area contributed by atoms with Gasteiger partial charge in [0.2, 0.25) is 0 Å². The summed E-state index contributed by atoms with van der Waals surface area (Å²) in [5.41, 5.74) is 5.42. The molecule has 0 N–H and O–H groups in total. The number of allylic oxidation sites excluding steroid dienone is 2. The molecule has 2 aliphatic rings. The molecule has 0 radical (unpaired) electrons. The van der Waals surface area contributed by atoms with Gasteiger partial charge in [0, 0.05) is 36.0 Å². The molecule has 1 aromatic rings. The van der Waals surface area contributed by atoms with Crippen molar-refractivity contribution in [2.45, 2.75) is 98.4 Å². The molecule has 2 heterocycles. The average molecular weight is 436 g/mol. The predicted molar refractivity (Wildman–Crippen MR) is 140 cm³/mol. The summed E-state index contributed by atoms with van der Waals surface area (Å²) >= 11 is 0. The summed E-state index contributed by atoms with van der Waals surface area (Å²) in [7, 11) is 0. The summed E-state index contributed by atoms with van der Waals surface area (Å²) in [5.74, 6) is 1.91. The van der Waals surface area contributed by atoms with Crippen molar-refractivity contribution < 1.29 is 0 Å². The van der Waals surface area contributed by atoms with Crippen LogP contribution in [-0.4, -0.2) is 35.1 Å². The van der Waals surface area contributed by atoms with Crippen LogP contribution < -0.4 is 0 Å². The Morgan fingerprint density at radius 3 is 2.50 bits per heavy atom. The van der Waals surface area contributed by atoms with E-state index in [0.29, 0.717) is 11.8 Å². The summed E-state index contributed by atoms with van der Waals surface area (Å²) < 4.78 is 0. The largest absolute Gasteiger partial charge is 0.375 e. The molecule has 3 atom stereocenters. The number of nitrogens with zero attached hydrogens (tertiary/aromatic N) is 3. The van der Waals surface area contributed by atoms with Gasteiger partial charge in [-0.3, -0.25) is 4.99 Å². The number of hydrogen-bond acceptors (Lipinski definition) is 3. The normalized spacial score (nSPS) is 25.7. The van der Waals surface area contributed by atoms with Gasteiger partial charge < -0.3 is 4.90 Å². The van der Waals surface area contributed by atoms with Crippen LogP contribution in [0.5, 0.6) is 0 Å². The Bertz CT molecular complexity index is 835. The first-order chi connectivity index (χ1) is 15.4. The Hall–Kier alpha value is -1.90. The molecule has 0 bridgehead atoms. The zero-order chi connectivity index (χ0) is 23.1. The Balaban J connectivity index is 1.77. The lowest BCUT2D eigenvalue weighted by molar-refractivity contribution is 0.202. The van der Waals surface area contributed by atoms with Gasteiger partial charge in [0.1, 0.15) is 0 Å². The molecule has 0 spiro atoms. The molecule has 3 heteroatoms. The van der Waals surface area contributed by atoms with E-state index in [-0.39, 0.29) is 5.54 Å². The van der Waals surface area contributed by atoms with Gasteiger partial charge in [-0.05, 0) is 72.1 Å². The van der Waals surface area contributed by atoms with Crippen molar-refractivity contribution in [3.05, 3.63) is 47.2 Å². The maximum absolute atomic E-state index is 5.38. The van der Waals surface area contributed by atoms with E-state index >= 15 is 0 Å². The second-order valence-electron chi connectivity index (χ2n) is 10.2. The van der Waals surface area contributed by atoms with Crippen molar-refractivity contribution >= 4 is 11.5 Å². The van der Waals surface area contributed by atoms with Crippen molar-refractivity contribution in [3.63, 3.8) is 0 Å². The fraction of sp³-hybridized carbons (Fsp3) is 0.655. The first-order valence-corrected chi connectivity index (χ1v) is 13.0. The van der Waals surface area contributed by atoms with Gasteiger partial charge in [-0.15, -0.1) is 0 Å². The van der Waals surface area contributed by atoms with E-state index in [1.54, 1.807) is 5.57 Å². The molecule has 3 unspecified atom stereocenters. The molecular weight excluding hydrogens is 390 g/mol. The Morgan fingerprint density at radius 2 is 1.81 bits per heavy atom. The Labute approximate surface area is 197 Å². The monoisotopic (exact) mass is 435 g/mol. The molecule has 0 fully saturated rings. The van der Waals surface area contributed by atoms with Crippen LogP contribution >= 0.6 is 0 Å². The Kier molecular flexibility index (Phi) is 8.73. The van der Waals surface area contributed by atoms with Crippen molar-refractivity contribution in [2.75, 3.05) is 13.1 Å². The second-order valence-corrected chi connectivity index (χ2v) is 10.2. The molecule has 0 aliphatic carbocycles. The summed E-state index contributed by atoms with van der Waals surface area (Å²) in [4.78, 5) is 13.0. The van der Waals surface area contributed by atoms with E-state index in [4.69, 9.17) is 9.98 Å². The Morgan fingerprint density at radius 1 is 1.06 bits per heavy atom. The zero-order valence-electron chi connectivity index (χ0n) is 21.5. The summed E-state index contributed by atoms with van der Waals surface area (Å²) in [5, 5.41) is 0. The highest BCUT2D eigenvalue weighted by Gasteiger charge is 2.43. The van der Waals surface area contributed by atoms with Gasteiger partial charge in [-0.25, -0.2) is 4.99 Å². The molecule has 3 rings (SSSR count). The van der Waals surface area contributed by atoms with Crippen LogP contribution in [-0.2, 0) is 0 Å². The molecule has 2 aliphatic heterocycles. The molecule has 0 amide bonds. The standard InChI is InChI=1S/C29H45N3/c1-7-26(19-15-21-32-20-14-10-11-16-22(3)24(32)5)29(6)27(8-2)23(4)30-28(31-29)25-17-12-9-13-18-25/h9,12-13,17-18,26-27H,7-8,10-11,14-16,19-21H2,1-6H3. The van der Waals surface area contributed by atoms with E-state index in [2.05, 4.69) is 76.8 Å². The van der Waals surface area contributed by atoms with E-state index < -0.39 is 0 Å². The summed E-state index contributed by atoms with van der Waals surface area (Å²) in [6, 6.07) is 10.5. The van der Waals surface area contributed by atoms with Crippen LogP contribution in [0.15, 0.2) is 51.6 Å².